The third kappa shape index (κ3) is 2.45. The van der Waals surface area contributed by atoms with Crippen LogP contribution in [-0.4, -0.2) is 37.6 Å². The second kappa shape index (κ2) is 5.41. The van der Waals surface area contributed by atoms with E-state index >= 15 is 0 Å². The number of fused-ring (bicyclic) bond motifs is 1. The Bertz CT molecular complexity index is 419. The van der Waals surface area contributed by atoms with Crippen LogP contribution in [0.4, 0.5) is 0 Å². The SMILES string of the molecule is Cc1ccc(CCN2CCNCC2)c2c1CCC2. The maximum Gasteiger partial charge on any atom is 0.0108 e. The van der Waals surface area contributed by atoms with Crippen molar-refractivity contribution in [2.45, 2.75) is 32.6 Å². The molecule has 2 aliphatic rings. The number of hydrogen-bond acceptors (Lipinski definition) is 2. The number of nitrogens with one attached hydrogen (secondary N) is 1. The summed E-state index contributed by atoms with van der Waals surface area (Å²) in [5.41, 5.74) is 6.47. The molecule has 1 fully saturated rings. The molecule has 1 aromatic rings. The smallest absolute Gasteiger partial charge is 0.0108 e. The van der Waals surface area contributed by atoms with Gasteiger partial charge in [0.2, 0.25) is 0 Å². The topological polar surface area (TPSA) is 15.3 Å². The van der Waals surface area contributed by atoms with Gasteiger partial charge in [0, 0.05) is 32.7 Å². The van der Waals surface area contributed by atoms with E-state index in [1.165, 1.54) is 50.9 Å². The van der Waals surface area contributed by atoms with Gasteiger partial charge in [-0.2, -0.15) is 0 Å². The van der Waals surface area contributed by atoms with Crippen molar-refractivity contribution in [1.82, 2.24) is 10.2 Å². The van der Waals surface area contributed by atoms with E-state index in [1.54, 1.807) is 16.7 Å². The van der Waals surface area contributed by atoms with Crippen LogP contribution in [0, 0.1) is 6.92 Å². The van der Waals surface area contributed by atoms with Crippen molar-refractivity contribution >= 4 is 0 Å². The first kappa shape index (κ1) is 12.2. The van der Waals surface area contributed by atoms with Crippen LogP contribution in [0.15, 0.2) is 12.1 Å². The zero-order chi connectivity index (χ0) is 12.4. The fraction of sp³-hybridized carbons (Fsp3) is 0.625. The summed E-state index contributed by atoms with van der Waals surface area (Å²) in [5, 5.41) is 3.42. The predicted octanol–water partition coefficient (Wildman–Crippen LogP) is 1.93. The molecule has 0 saturated carbocycles. The molecule has 1 aliphatic carbocycles. The average Bonchev–Trinajstić information content (AvgIpc) is 2.90. The molecule has 0 amide bonds. The van der Waals surface area contributed by atoms with Gasteiger partial charge in [-0.25, -0.2) is 0 Å². The Morgan fingerprint density at radius 2 is 1.89 bits per heavy atom. The second-order valence-corrected chi connectivity index (χ2v) is 5.69. The molecule has 1 aromatic carbocycles. The molecule has 1 aliphatic heterocycles. The molecule has 2 nitrogen and oxygen atoms in total. The normalized spacial score (nSPS) is 20.1. The van der Waals surface area contributed by atoms with Crippen LogP contribution in [0.2, 0.25) is 0 Å². The first-order valence-corrected chi connectivity index (χ1v) is 7.38. The first-order valence-electron chi connectivity index (χ1n) is 7.38. The molecule has 0 aromatic heterocycles. The molecule has 2 heteroatoms. The summed E-state index contributed by atoms with van der Waals surface area (Å²) in [7, 11) is 0. The van der Waals surface area contributed by atoms with Crippen molar-refractivity contribution in [3.63, 3.8) is 0 Å². The van der Waals surface area contributed by atoms with E-state index in [1.807, 2.05) is 0 Å². The molecule has 1 saturated heterocycles. The minimum absolute atomic E-state index is 1.16. The molecule has 0 unspecified atom stereocenters. The summed E-state index contributed by atoms with van der Waals surface area (Å²) >= 11 is 0. The van der Waals surface area contributed by atoms with Gasteiger partial charge in [0.25, 0.3) is 0 Å². The van der Waals surface area contributed by atoms with Gasteiger partial charge >= 0.3 is 0 Å². The molecule has 0 spiro atoms. The highest BCUT2D eigenvalue weighted by Crippen LogP contribution is 2.28. The zero-order valence-corrected chi connectivity index (χ0v) is 11.5. The molecule has 98 valence electrons. The largest absolute Gasteiger partial charge is 0.314 e. The van der Waals surface area contributed by atoms with E-state index in [0.29, 0.717) is 0 Å². The summed E-state index contributed by atoms with van der Waals surface area (Å²) in [6, 6.07) is 4.71. The summed E-state index contributed by atoms with van der Waals surface area (Å²) in [5.74, 6) is 0. The Kier molecular flexibility index (Phi) is 3.67. The van der Waals surface area contributed by atoms with E-state index in [4.69, 9.17) is 0 Å². The number of aryl methyl sites for hydroxylation is 1. The van der Waals surface area contributed by atoms with Crippen LogP contribution in [0.1, 0.15) is 28.7 Å². The average molecular weight is 244 g/mol. The minimum Gasteiger partial charge on any atom is -0.314 e. The summed E-state index contributed by atoms with van der Waals surface area (Å²) in [4.78, 5) is 2.59. The second-order valence-electron chi connectivity index (χ2n) is 5.69. The van der Waals surface area contributed by atoms with Crippen LogP contribution in [-0.2, 0) is 19.3 Å². The number of piperazine rings is 1. The predicted molar refractivity (Wildman–Crippen MR) is 76.2 cm³/mol. The molecule has 0 atom stereocenters. The lowest BCUT2D eigenvalue weighted by molar-refractivity contribution is 0.244. The Balaban J connectivity index is 1.67. The van der Waals surface area contributed by atoms with Crippen LogP contribution >= 0.6 is 0 Å². The third-order valence-corrected chi connectivity index (χ3v) is 4.52. The fourth-order valence-corrected chi connectivity index (χ4v) is 3.41. The van der Waals surface area contributed by atoms with E-state index in [2.05, 4.69) is 29.3 Å². The lowest BCUT2D eigenvalue weighted by atomic mass is 9.97. The highest BCUT2D eigenvalue weighted by atomic mass is 15.2. The van der Waals surface area contributed by atoms with Crippen LogP contribution in [0.5, 0.6) is 0 Å². The molecule has 0 bridgehead atoms. The van der Waals surface area contributed by atoms with E-state index < -0.39 is 0 Å². The van der Waals surface area contributed by atoms with Crippen molar-refractivity contribution in [3.8, 4) is 0 Å². The van der Waals surface area contributed by atoms with Crippen molar-refractivity contribution in [2.24, 2.45) is 0 Å². The van der Waals surface area contributed by atoms with Gasteiger partial charge in [-0.1, -0.05) is 12.1 Å². The molecule has 3 rings (SSSR count). The minimum atomic E-state index is 1.16. The number of hydrogen-bond donors (Lipinski definition) is 1. The summed E-state index contributed by atoms with van der Waals surface area (Å²) < 4.78 is 0. The molecule has 1 heterocycles. The number of nitrogens with zero attached hydrogens (tertiary/aromatic N) is 1. The van der Waals surface area contributed by atoms with E-state index in [-0.39, 0.29) is 0 Å². The van der Waals surface area contributed by atoms with Gasteiger partial charge in [-0.05, 0) is 54.9 Å². The van der Waals surface area contributed by atoms with Gasteiger partial charge in [0.1, 0.15) is 0 Å². The summed E-state index contributed by atoms with van der Waals surface area (Å²) in [6.07, 6.45) is 5.22. The Hall–Kier alpha value is -0.860. The lowest BCUT2D eigenvalue weighted by Crippen LogP contribution is -2.44. The van der Waals surface area contributed by atoms with E-state index in [9.17, 15) is 0 Å². The standard InChI is InChI=1S/C16H24N2/c1-13-5-6-14(16-4-2-3-15(13)16)7-10-18-11-8-17-9-12-18/h5-6,17H,2-4,7-12H2,1H3. The monoisotopic (exact) mass is 244 g/mol. The maximum absolute atomic E-state index is 3.42. The van der Waals surface area contributed by atoms with Gasteiger partial charge in [-0.3, -0.25) is 0 Å². The molecule has 18 heavy (non-hydrogen) atoms. The quantitative estimate of drug-likeness (QED) is 0.874. The Labute approximate surface area is 110 Å². The van der Waals surface area contributed by atoms with Gasteiger partial charge in [0.15, 0.2) is 0 Å². The van der Waals surface area contributed by atoms with E-state index in [0.717, 1.165) is 13.1 Å². The highest BCUT2D eigenvalue weighted by Gasteiger charge is 2.17. The van der Waals surface area contributed by atoms with Crippen LogP contribution in [0.25, 0.3) is 0 Å². The summed E-state index contributed by atoms with van der Waals surface area (Å²) in [6.45, 7) is 8.25. The Morgan fingerprint density at radius 3 is 2.72 bits per heavy atom. The zero-order valence-electron chi connectivity index (χ0n) is 11.5. The van der Waals surface area contributed by atoms with Crippen molar-refractivity contribution in [2.75, 3.05) is 32.7 Å². The number of benzene rings is 1. The molecule has 0 radical (unpaired) electrons. The van der Waals surface area contributed by atoms with Crippen molar-refractivity contribution < 1.29 is 0 Å². The van der Waals surface area contributed by atoms with Crippen molar-refractivity contribution in [3.05, 3.63) is 34.4 Å². The van der Waals surface area contributed by atoms with Gasteiger partial charge < -0.3 is 10.2 Å². The molecular formula is C16H24N2. The van der Waals surface area contributed by atoms with Crippen LogP contribution in [0.3, 0.4) is 0 Å². The number of rotatable bonds is 3. The molecule has 1 N–H and O–H groups in total. The van der Waals surface area contributed by atoms with Crippen molar-refractivity contribution in [1.29, 1.82) is 0 Å². The van der Waals surface area contributed by atoms with Crippen LogP contribution < -0.4 is 5.32 Å². The highest BCUT2D eigenvalue weighted by molar-refractivity contribution is 5.43. The lowest BCUT2D eigenvalue weighted by Gasteiger charge is -2.27. The fourth-order valence-electron chi connectivity index (χ4n) is 3.41. The van der Waals surface area contributed by atoms with Gasteiger partial charge in [0.05, 0.1) is 0 Å². The molecular weight excluding hydrogens is 220 g/mol. The van der Waals surface area contributed by atoms with Gasteiger partial charge in [-0.15, -0.1) is 0 Å². The first-order chi connectivity index (χ1) is 8.84. The Morgan fingerprint density at radius 1 is 1.11 bits per heavy atom. The third-order valence-electron chi connectivity index (χ3n) is 4.52. The maximum atomic E-state index is 3.42.